The molecular weight excluding hydrogens is 432 g/mol. The molecular formula is C27H29F2N5. The Hall–Kier alpha value is -3.74. The van der Waals surface area contributed by atoms with E-state index in [4.69, 9.17) is 0 Å². The van der Waals surface area contributed by atoms with Gasteiger partial charge in [-0.1, -0.05) is 37.4 Å². The molecule has 1 N–H and O–H groups in total. The monoisotopic (exact) mass is 461 g/mol. The number of anilines is 2. The van der Waals surface area contributed by atoms with Crippen LogP contribution in [0.5, 0.6) is 0 Å². The van der Waals surface area contributed by atoms with Gasteiger partial charge in [-0.2, -0.15) is 0 Å². The molecule has 7 heteroatoms. The molecule has 34 heavy (non-hydrogen) atoms. The zero-order valence-corrected chi connectivity index (χ0v) is 19.3. The number of alkyl halides is 2. The fraction of sp³-hybridized carbons (Fsp3) is 0.259. The lowest BCUT2D eigenvalue weighted by Gasteiger charge is -2.36. The minimum atomic E-state index is -2.58. The molecule has 1 aliphatic rings. The zero-order chi connectivity index (χ0) is 24.1. The second-order valence-electron chi connectivity index (χ2n) is 8.49. The van der Waals surface area contributed by atoms with Crippen molar-refractivity contribution in [3.63, 3.8) is 0 Å². The second kappa shape index (κ2) is 10.5. The second-order valence-corrected chi connectivity index (χ2v) is 8.49. The number of hydrogen-bond acceptors (Lipinski definition) is 5. The maximum atomic E-state index is 12.9. The molecule has 0 aliphatic carbocycles. The molecule has 3 heterocycles. The van der Waals surface area contributed by atoms with E-state index in [0.29, 0.717) is 6.42 Å². The van der Waals surface area contributed by atoms with Crippen molar-refractivity contribution in [3.8, 4) is 11.1 Å². The number of nitrogens with zero attached hydrogens (tertiary/aromatic N) is 4. The lowest BCUT2D eigenvalue weighted by molar-refractivity contribution is 0.146. The number of piperazine rings is 1. The Morgan fingerprint density at radius 3 is 2.32 bits per heavy atom. The van der Waals surface area contributed by atoms with Gasteiger partial charge >= 0.3 is 0 Å². The number of rotatable bonds is 8. The van der Waals surface area contributed by atoms with Gasteiger partial charge in [-0.15, -0.1) is 0 Å². The number of aromatic nitrogens is 2. The molecule has 0 saturated carbocycles. The van der Waals surface area contributed by atoms with E-state index in [9.17, 15) is 8.78 Å². The van der Waals surface area contributed by atoms with E-state index in [2.05, 4.69) is 38.2 Å². The van der Waals surface area contributed by atoms with Crippen molar-refractivity contribution in [2.75, 3.05) is 36.4 Å². The van der Waals surface area contributed by atoms with Crippen molar-refractivity contribution in [3.05, 3.63) is 96.7 Å². The van der Waals surface area contributed by atoms with Gasteiger partial charge in [0.1, 0.15) is 11.5 Å². The van der Waals surface area contributed by atoms with Gasteiger partial charge in [-0.3, -0.25) is 4.98 Å². The van der Waals surface area contributed by atoms with Crippen molar-refractivity contribution in [1.29, 1.82) is 0 Å². The van der Waals surface area contributed by atoms with Crippen molar-refractivity contribution >= 4 is 11.5 Å². The smallest absolute Gasteiger partial charge is 0.280 e. The first-order chi connectivity index (χ1) is 16.4. The summed E-state index contributed by atoms with van der Waals surface area (Å²) in [5, 5.41) is 3.32. The highest BCUT2D eigenvalue weighted by Crippen LogP contribution is 2.25. The third-order valence-corrected chi connectivity index (χ3v) is 5.92. The maximum Gasteiger partial charge on any atom is 0.280 e. The molecule has 2 aromatic heterocycles. The van der Waals surface area contributed by atoms with E-state index >= 15 is 0 Å². The van der Waals surface area contributed by atoms with Crippen molar-refractivity contribution in [2.24, 2.45) is 0 Å². The summed E-state index contributed by atoms with van der Waals surface area (Å²) in [5.41, 5.74) is 5.30. The van der Waals surface area contributed by atoms with Gasteiger partial charge in [0.25, 0.3) is 6.43 Å². The molecule has 1 saturated heterocycles. The largest absolute Gasteiger partial charge is 0.372 e. The van der Waals surface area contributed by atoms with Gasteiger partial charge < -0.3 is 15.1 Å². The van der Waals surface area contributed by atoms with E-state index in [-0.39, 0.29) is 5.69 Å². The third kappa shape index (κ3) is 5.78. The number of hydrogen-bond donors (Lipinski definition) is 1. The van der Waals surface area contributed by atoms with Crippen LogP contribution in [-0.4, -0.2) is 41.0 Å². The first kappa shape index (κ1) is 23.4. The summed E-state index contributed by atoms with van der Waals surface area (Å²) in [4.78, 5) is 12.9. The van der Waals surface area contributed by atoms with Crippen LogP contribution in [0.25, 0.3) is 11.1 Å². The van der Waals surface area contributed by atoms with Crippen LogP contribution in [0.15, 0.2) is 85.5 Å². The number of halogens is 2. The summed E-state index contributed by atoms with van der Waals surface area (Å²) in [6, 6.07) is 15.0. The topological polar surface area (TPSA) is 44.3 Å². The van der Waals surface area contributed by atoms with Crippen LogP contribution in [-0.2, 0) is 6.42 Å². The molecule has 0 spiro atoms. The summed E-state index contributed by atoms with van der Waals surface area (Å²) in [6.07, 6.45) is 1.31. The van der Waals surface area contributed by atoms with Crippen LogP contribution in [0.3, 0.4) is 0 Å². The Bertz CT molecular complexity index is 1130. The fourth-order valence-electron chi connectivity index (χ4n) is 4.02. The standard InChI is InChI=1S/C27H29F2N5/c1-19(2)33-12-14-34(15-13-33)26-9-8-24(18-31-26)32-20(3)16-21-4-6-22(7-5-21)23-10-11-30-25(17-23)27(28)29/h4-11,17-18,27,32H,1,3,12-16H2,2H3. The summed E-state index contributed by atoms with van der Waals surface area (Å²) in [5.74, 6) is 0.972. The first-order valence-electron chi connectivity index (χ1n) is 11.3. The molecule has 0 radical (unpaired) electrons. The lowest BCUT2D eigenvalue weighted by Crippen LogP contribution is -2.45. The highest BCUT2D eigenvalue weighted by molar-refractivity contribution is 5.64. The minimum Gasteiger partial charge on any atom is -0.372 e. The van der Waals surface area contributed by atoms with Gasteiger partial charge in [-0.25, -0.2) is 13.8 Å². The average Bonchev–Trinajstić information content (AvgIpc) is 2.85. The normalized spacial score (nSPS) is 13.8. The Labute approximate surface area is 199 Å². The molecule has 0 unspecified atom stereocenters. The summed E-state index contributed by atoms with van der Waals surface area (Å²) < 4.78 is 25.8. The van der Waals surface area contributed by atoms with Crippen molar-refractivity contribution in [1.82, 2.24) is 14.9 Å². The van der Waals surface area contributed by atoms with Crippen LogP contribution in [0.1, 0.15) is 24.6 Å². The van der Waals surface area contributed by atoms with Crippen LogP contribution in [0.4, 0.5) is 20.3 Å². The van der Waals surface area contributed by atoms with Gasteiger partial charge in [0.2, 0.25) is 0 Å². The molecule has 1 aliphatic heterocycles. The molecule has 4 rings (SSSR count). The van der Waals surface area contributed by atoms with E-state index in [1.54, 1.807) is 6.07 Å². The molecule has 176 valence electrons. The third-order valence-electron chi connectivity index (χ3n) is 5.92. The van der Waals surface area contributed by atoms with Gasteiger partial charge in [0.15, 0.2) is 0 Å². The zero-order valence-electron chi connectivity index (χ0n) is 19.3. The van der Waals surface area contributed by atoms with Crippen molar-refractivity contribution < 1.29 is 8.78 Å². The van der Waals surface area contributed by atoms with Gasteiger partial charge in [0.05, 0.1) is 11.9 Å². The summed E-state index contributed by atoms with van der Waals surface area (Å²) >= 11 is 0. The van der Waals surface area contributed by atoms with Crippen molar-refractivity contribution in [2.45, 2.75) is 19.8 Å². The molecule has 0 atom stereocenters. The van der Waals surface area contributed by atoms with E-state index in [1.807, 2.05) is 49.5 Å². The number of allylic oxidation sites excluding steroid dienone is 2. The number of benzene rings is 1. The Morgan fingerprint density at radius 2 is 1.71 bits per heavy atom. The van der Waals surface area contributed by atoms with Crippen LogP contribution < -0.4 is 10.2 Å². The fourth-order valence-corrected chi connectivity index (χ4v) is 4.02. The Morgan fingerprint density at radius 1 is 0.971 bits per heavy atom. The molecule has 1 fully saturated rings. The first-order valence-corrected chi connectivity index (χ1v) is 11.3. The quantitative estimate of drug-likeness (QED) is 0.452. The van der Waals surface area contributed by atoms with Gasteiger partial charge in [0, 0.05) is 50.2 Å². The predicted molar refractivity (Wildman–Crippen MR) is 134 cm³/mol. The lowest BCUT2D eigenvalue weighted by atomic mass is 10.0. The highest BCUT2D eigenvalue weighted by atomic mass is 19.3. The SMILES string of the molecule is C=C(Cc1ccc(-c2ccnc(C(F)F)c2)cc1)Nc1ccc(N2CCN(C(=C)C)CC2)nc1. The Kier molecular flexibility index (Phi) is 7.21. The highest BCUT2D eigenvalue weighted by Gasteiger charge is 2.17. The molecule has 0 bridgehead atoms. The maximum absolute atomic E-state index is 12.9. The molecule has 0 amide bonds. The van der Waals surface area contributed by atoms with Crippen LogP contribution in [0.2, 0.25) is 0 Å². The predicted octanol–water partition coefficient (Wildman–Crippen LogP) is 5.91. The van der Waals surface area contributed by atoms with Gasteiger partial charge in [-0.05, 0) is 47.9 Å². The average molecular weight is 462 g/mol. The van der Waals surface area contributed by atoms with E-state index in [0.717, 1.165) is 65.8 Å². The van der Waals surface area contributed by atoms with Crippen LogP contribution >= 0.6 is 0 Å². The summed E-state index contributed by atoms with van der Waals surface area (Å²) in [7, 11) is 0. The Balaban J connectivity index is 1.31. The minimum absolute atomic E-state index is 0.215. The number of pyridine rings is 2. The van der Waals surface area contributed by atoms with E-state index in [1.165, 1.54) is 12.3 Å². The molecule has 1 aromatic carbocycles. The molecule has 5 nitrogen and oxygen atoms in total. The van der Waals surface area contributed by atoms with Crippen LogP contribution in [0, 0.1) is 0 Å². The molecule has 3 aromatic rings. The van der Waals surface area contributed by atoms with E-state index < -0.39 is 6.43 Å². The number of nitrogens with one attached hydrogen (secondary N) is 1. The summed E-state index contributed by atoms with van der Waals surface area (Å²) in [6.45, 7) is 14.0.